The highest BCUT2D eigenvalue weighted by Crippen LogP contribution is 2.26. The van der Waals surface area contributed by atoms with Gasteiger partial charge in [-0.3, -0.25) is 4.90 Å². The zero-order valence-corrected chi connectivity index (χ0v) is 13.5. The number of oxazole rings is 1. The van der Waals surface area contributed by atoms with Gasteiger partial charge in [-0.25, -0.2) is 4.98 Å². The molecule has 1 atom stereocenters. The Bertz CT molecular complexity index is 635. The van der Waals surface area contributed by atoms with Crippen molar-refractivity contribution in [2.24, 2.45) is 11.7 Å². The van der Waals surface area contributed by atoms with E-state index in [4.69, 9.17) is 15.1 Å². The van der Waals surface area contributed by atoms with E-state index in [1.165, 1.54) is 18.4 Å². The number of hydrogen-bond donors (Lipinski definition) is 1. The number of rotatable bonds is 4. The second kappa shape index (κ2) is 6.63. The minimum absolute atomic E-state index is 0.622. The van der Waals surface area contributed by atoms with Gasteiger partial charge in [0, 0.05) is 18.7 Å². The number of piperidine rings is 1. The van der Waals surface area contributed by atoms with Crippen molar-refractivity contribution in [3.05, 3.63) is 41.3 Å². The lowest BCUT2D eigenvalue weighted by Crippen LogP contribution is -2.38. The van der Waals surface area contributed by atoms with Gasteiger partial charge in [0.15, 0.2) is 0 Å². The highest BCUT2D eigenvalue weighted by Gasteiger charge is 2.21. The van der Waals surface area contributed by atoms with Crippen LogP contribution < -0.4 is 5.73 Å². The number of aromatic nitrogens is 1. The summed E-state index contributed by atoms with van der Waals surface area (Å²) >= 11 is 0. The predicted octanol–water partition coefficient (Wildman–Crippen LogP) is 3.13. The summed E-state index contributed by atoms with van der Waals surface area (Å²) < 4.78 is 5.91. The third-order valence-electron chi connectivity index (χ3n) is 4.58. The van der Waals surface area contributed by atoms with E-state index in [1.54, 1.807) is 0 Å². The van der Waals surface area contributed by atoms with E-state index in [2.05, 4.69) is 24.0 Å². The molecule has 1 saturated heterocycles. The topological polar surface area (TPSA) is 55.3 Å². The summed E-state index contributed by atoms with van der Waals surface area (Å²) in [5.74, 6) is 2.28. The van der Waals surface area contributed by atoms with Crippen LogP contribution in [-0.2, 0) is 6.54 Å². The number of hydrogen-bond acceptors (Lipinski definition) is 4. The zero-order valence-electron chi connectivity index (χ0n) is 13.5. The molecule has 0 saturated carbocycles. The van der Waals surface area contributed by atoms with Crippen molar-refractivity contribution in [2.75, 3.05) is 19.6 Å². The molecule has 1 aromatic carbocycles. The molecule has 118 valence electrons. The van der Waals surface area contributed by atoms with Crippen molar-refractivity contribution in [1.29, 1.82) is 0 Å². The molecular weight excluding hydrogens is 274 g/mol. The van der Waals surface area contributed by atoms with Gasteiger partial charge in [0.2, 0.25) is 5.89 Å². The molecule has 0 aliphatic carbocycles. The molecular formula is C18H25N3O. The summed E-state index contributed by atoms with van der Waals surface area (Å²) in [5, 5.41) is 0. The largest absolute Gasteiger partial charge is 0.441 e. The van der Waals surface area contributed by atoms with Gasteiger partial charge in [-0.1, -0.05) is 18.2 Å². The average Bonchev–Trinajstić information content (AvgIpc) is 2.89. The number of aryl methyl sites for hydroxylation is 2. The second-order valence-corrected chi connectivity index (χ2v) is 6.32. The third-order valence-corrected chi connectivity index (χ3v) is 4.58. The van der Waals surface area contributed by atoms with Gasteiger partial charge in [0.05, 0.1) is 5.69 Å². The van der Waals surface area contributed by atoms with E-state index in [0.717, 1.165) is 49.1 Å². The molecule has 2 aromatic rings. The third kappa shape index (κ3) is 3.23. The van der Waals surface area contributed by atoms with Gasteiger partial charge in [0.1, 0.15) is 5.76 Å². The van der Waals surface area contributed by atoms with Crippen molar-refractivity contribution < 1.29 is 4.42 Å². The molecule has 2 heterocycles. The fraction of sp³-hybridized carbons (Fsp3) is 0.500. The van der Waals surface area contributed by atoms with Crippen LogP contribution in [0.4, 0.5) is 0 Å². The van der Waals surface area contributed by atoms with Crippen LogP contribution in [0.2, 0.25) is 0 Å². The quantitative estimate of drug-likeness (QED) is 0.942. The normalized spacial score (nSPS) is 19.5. The molecule has 4 heteroatoms. The van der Waals surface area contributed by atoms with Gasteiger partial charge in [-0.2, -0.15) is 0 Å². The van der Waals surface area contributed by atoms with E-state index in [0.29, 0.717) is 5.92 Å². The summed E-state index contributed by atoms with van der Waals surface area (Å²) in [6.07, 6.45) is 2.47. The molecule has 0 spiro atoms. The fourth-order valence-electron chi connectivity index (χ4n) is 3.20. The Morgan fingerprint density at radius 3 is 2.91 bits per heavy atom. The van der Waals surface area contributed by atoms with Crippen LogP contribution in [0.25, 0.3) is 11.5 Å². The first-order valence-corrected chi connectivity index (χ1v) is 8.12. The van der Waals surface area contributed by atoms with Gasteiger partial charge in [0.25, 0.3) is 0 Å². The SMILES string of the molecule is Cc1ccccc1-c1nc(CN2CCCC(CN)C2)c(C)o1. The summed E-state index contributed by atoms with van der Waals surface area (Å²) in [6.45, 7) is 7.94. The van der Waals surface area contributed by atoms with Crippen LogP contribution in [-0.4, -0.2) is 29.5 Å². The molecule has 0 bridgehead atoms. The summed E-state index contributed by atoms with van der Waals surface area (Å²) in [7, 11) is 0. The maximum atomic E-state index is 5.91. The Morgan fingerprint density at radius 2 is 2.14 bits per heavy atom. The van der Waals surface area contributed by atoms with Crippen LogP contribution in [0.1, 0.15) is 29.9 Å². The molecule has 1 aliphatic rings. The number of nitrogens with zero attached hydrogens (tertiary/aromatic N) is 2. The van der Waals surface area contributed by atoms with Crippen LogP contribution in [0, 0.1) is 19.8 Å². The van der Waals surface area contributed by atoms with E-state index in [9.17, 15) is 0 Å². The highest BCUT2D eigenvalue weighted by molar-refractivity contribution is 5.58. The average molecular weight is 299 g/mol. The van der Waals surface area contributed by atoms with Gasteiger partial charge >= 0.3 is 0 Å². The maximum absolute atomic E-state index is 5.91. The van der Waals surface area contributed by atoms with Crippen LogP contribution >= 0.6 is 0 Å². The van der Waals surface area contributed by atoms with E-state index in [-0.39, 0.29) is 0 Å². The van der Waals surface area contributed by atoms with Crippen LogP contribution in [0.3, 0.4) is 0 Å². The first kappa shape index (κ1) is 15.3. The molecule has 1 fully saturated rings. The summed E-state index contributed by atoms with van der Waals surface area (Å²) in [4.78, 5) is 7.20. The van der Waals surface area contributed by atoms with Crippen molar-refractivity contribution in [3.63, 3.8) is 0 Å². The van der Waals surface area contributed by atoms with Crippen molar-refractivity contribution in [2.45, 2.75) is 33.2 Å². The second-order valence-electron chi connectivity index (χ2n) is 6.32. The van der Waals surface area contributed by atoms with Gasteiger partial charge in [-0.15, -0.1) is 0 Å². The zero-order chi connectivity index (χ0) is 15.5. The van der Waals surface area contributed by atoms with Gasteiger partial charge < -0.3 is 10.2 Å². The Kier molecular flexibility index (Phi) is 4.60. The standard InChI is InChI=1S/C18H25N3O/c1-13-6-3-4-8-16(13)18-20-17(14(2)22-18)12-21-9-5-7-15(10-19)11-21/h3-4,6,8,15H,5,7,9-12,19H2,1-2H3. The molecule has 22 heavy (non-hydrogen) atoms. The van der Waals surface area contributed by atoms with Crippen molar-refractivity contribution in [1.82, 2.24) is 9.88 Å². The lowest BCUT2D eigenvalue weighted by Gasteiger charge is -2.31. The molecule has 4 nitrogen and oxygen atoms in total. The smallest absolute Gasteiger partial charge is 0.226 e. The fourth-order valence-corrected chi connectivity index (χ4v) is 3.20. The number of likely N-dealkylation sites (tertiary alicyclic amines) is 1. The van der Waals surface area contributed by atoms with E-state index in [1.807, 2.05) is 19.1 Å². The minimum Gasteiger partial charge on any atom is -0.441 e. The van der Waals surface area contributed by atoms with E-state index >= 15 is 0 Å². The van der Waals surface area contributed by atoms with Crippen LogP contribution in [0.5, 0.6) is 0 Å². The molecule has 1 aromatic heterocycles. The van der Waals surface area contributed by atoms with Crippen molar-refractivity contribution >= 4 is 0 Å². The Morgan fingerprint density at radius 1 is 1.32 bits per heavy atom. The van der Waals surface area contributed by atoms with Crippen molar-refractivity contribution in [3.8, 4) is 11.5 Å². The molecule has 3 rings (SSSR count). The lowest BCUT2D eigenvalue weighted by molar-refractivity contribution is 0.169. The monoisotopic (exact) mass is 299 g/mol. The summed E-state index contributed by atoms with van der Waals surface area (Å²) in [5.41, 5.74) is 9.15. The summed E-state index contributed by atoms with van der Waals surface area (Å²) in [6, 6.07) is 8.22. The molecule has 2 N–H and O–H groups in total. The van der Waals surface area contributed by atoms with E-state index < -0.39 is 0 Å². The van der Waals surface area contributed by atoms with Crippen LogP contribution in [0.15, 0.2) is 28.7 Å². The predicted molar refractivity (Wildman–Crippen MR) is 88.5 cm³/mol. The van der Waals surface area contributed by atoms with Gasteiger partial charge in [-0.05, 0) is 57.3 Å². The Balaban J connectivity index is 1.77. The molecule has 0 amide bonds. The maximum Gasteiger partial charge on any atom is 0.226 e. The molecule has 1 aliphatic heterocycles. The molecule has 1 unspecified atom stereocenters. The highest BCUT2D eigenvalue weighted by atomic mass is 16.4. The minimum atomic E-state index is 0.622. The number of benzene rings is 1. The Hall–Kier alpha value is -1.65. The first-order chi connectivity index (χ1) is 10.7. The lowest BCUT2D eigenvalue weighted by atomic mass is 9.98. The number of nitrogens with two attached hydrogens (primary N) is 1. The first-order valence-electron chi connectivity index (χ1n) is 8.12. The molecule has 0 radical (unpaired) electrons. The Labute approximate surface area is 132 Å².